The number of imide groups is 1. The van der Waals surface area contributed by atoms with Crippen molar-refractivity contribution in [2.45, 2.75) is 19.0 Å². The molecule has 1 aromatic carbocycles. The summed E-state index contributed by atoms with van der Waals surface area (Å²) in [6.45, 7) is 4.27. The van der Waals surface area contributed by atoms with Crippen LogP contribution in [-0.2, 0) is 15.8 Å². The molecule has 194 valence electrons. The van der Waals surface area contributed by atoms with Crippen molar-refractivity contribution in [1.82, 2.24) is 9.80 Å². The highest BCUT2D eigenvalue weighted by Crippen LogP contribution is 2.58. The van der Waals surface area contributed by atoms with Gasteiger partial charge in [0.1, 0.15) is 0 Å². The number of unbranched alkanes of at least 4 members (excludes halogenated alkanes) is 1. The van der Waals surface area contributed by atoms with Crippen LogP contribution in [0.1, 0.15) is 18.4 Å². The Labute approximate surface area is 215 Å². The molecule has 5 nitrogen and oxygen atoms in total. The minimum atomic E-state index is -4.33. The summed E-state index contributed by atoms with van der Waals surface area (Å²) < 4.78 is 39.1. The Hall–Kier alpha value is -2.32. The zero-order chi connectivity index (χ0) is 24.3. The molecule has 7 rings (SSSR count). The van der Waals surface area contributed by atoms with E-state index in [2.05, 4.69) is 29.2 Å². The number of benzene rings is 1. The average Bonchev–Trinajstić information content (AvgIpc) is 3.08. The Morgan fingerprint density at radius 3 is 1.89 bits per heavy atom. The molecule has 6 aliphatic rings. The fourth-order valence-electron chi connectivity index (χ4n) is 6.89. The number of likely N-dealkylation sites (tertiary alicyclic amines) is 1. The molecule has 6 atom stereocenters. The Bertz CT molecular complexity index is 1040. The third-order valence-corrected chi connectivity index (χ3v) is 8.78. The maximum Gasteiger partial charge on any atom is 0.416 e. The van der Waals surface area contributed by atoms with Gasteiger partial charge in [-0.15, -0.1) is 12.4 Å². The molecular formula is C27H31ClF3N3O2. The lowest BCUT2D eigenvalue weighted by atomic mass is 9.50. The van der Waals surface area contributed by atoms with Crippen molar-refractivity contribution in [2.24, 2.45) is 35.5 Å². The van der Waals surface area contributed by atoms with E-state index < -0.39 is 11.7 Å². The van der Waals surface area contributed by atoms with Gasteiger partial charge in [0.05, 0.1) is 17.4 Å². The smallest absolute Gasteiger partial charge is 0.369 e. The lowest BCUT2D eigenvalue weighted by molar-refractivity contribution is -0.140. The molecule has 4 aliphatic carbocycles. The van der Waals surface area contributed by atoms with Gasteiger partial charge in [-0.25, -0.2) is 0 Å². The van der Waals surface area contributed by atoms with Crippen molar-refractivity contribution in [1.29, 1.82) is 0 Å². The largest absolute Gasteiger partial charge is 0.416 e. The topological polar surface area (TPSA) is 43.9 Å². The number of alkyl halides is 3. The van der Waals surface area contributed by atoms with E-state index in [4.69, 9.17) is 0 Å². The van der Waals surface area contributed by atoms with Crippen LogP contribution < -0.4 is 4.90 Å². The third-order valence-electron chi connectivity index (χ3n) is 8.78. The number of halogens is 4. The van der Waals surface area contributed by atoms with E-state index in [1.807, 2.05) is 4.90 Å². The van der Waals surface area contributed by atoms with Gasteiger partial charge in [0.15, 0.2) is 0 Å². The van der Waals surface area contributed by atoms with Crippen molar-refractivity contribution in [2.75, 3.05) is 44.2 Å². The molecule has 1 aromatic rings. The van der Waals surface area contributed by atoms with E-state index in [0.29, 0.717) is 37.2 Å². The number of carbonyl (C=O) groups excluding carboxylic acids is 2. The number of allylic oxidation sites excluding steroid dienone is 4. The predicted molar refractivity (Wildman–Crippen MR) is 133 cm³/mol. The van der Waals surface area contributed by atoms with Crippen molar-refractivity contribution in [3.63, 3.8) is 0 Å². The van der Waals surface area contributed by atoms with E-state index in [1.54, 1.807) is 6.07 Å². The molecule has 9 heteroatoms. The molecule has 2 saturated heterocycles. The zero-order valence-corrected chi connectivity index (χ0v) is 20.8. The monoisotopic (exact) mass is 521 g/mol. The molecule has 2 bridgehead atoms. The number of carbonyl (C=O) groups is 2. The molecule has 2 heterocycles. The number of rotatable bonds is 6. The fourth-order valence-corrected chi connectivity index (χ4v) is 6.89. The van der Waals surface area contributed by atoms with Crippen LogP contribution in [0.3, 0.4) is 0 Å². The first-order chi connectivity index (χ1) is 16.8. The summed E-state index contributed by atoms with van der Waals surface area (Å²) in [7, 11) is 0. The van der Waals surface area contributed by atoms with Gasteiger partial charge in [0.25, 0.3) is 0 Å². The van der Waals surface area contributed by atoms with Gasteiger partial charge in [0, 0.05) is 38.4 Å². The van der Waals surface area contributed by atoms with Gasteiger partial charge in [0.2, 0.25) is 11.8 Å². The van der Waals surface area contributed by atoms with E-state index in [9.17, 15) is 22.8 Å². The molecule has 0 radical (unpaired) electrons. The van der Waals surface area contributed by atoms with Crippen LogP contribution in [0, 0.1) is 35.5 Å². The van der Waals surface area contributed by atoms with Crippen LogP contribution in [0.15, 0.2) is 48.6 Å². The second-order valence-corrected chi connectivity index (χ2v) is 10.5. The van der Waals surface area contributed by atoms with Gasteiger partial charge in [-0.05, 0) is 61.3 Å². The van der Waals surface area contributed by atoms with E-state index >= 15 is 0 Å². The lowest BCUT2D eigenvalue weighted by Gasteiger charge is -2.51. The number of piperazine rings is 1. The molecule has 36 heavy (non-hydrogen) atoms. The highest BCUT2D eigenvalue weighted by Gasteiger charge is 2.62. The molecular weight excluding hydrogens is 491 g/mol. The SMILES string of the molecule is Cl.O=C1C2C3C=CC(C4C=CC43)C2C(=O)N1CCCCN1CCN(c2cccc(C(F)(F)F)c2)CC1. The Morgan fingerprint density at radius 2 is 1.33 bits per heavy atom. The first-order valence-corrected chi connectivity index (χ1v) is 12.7. The first-order valence-electron chi connectivity index (χ1n) is 12.7. The summed E-state index contributed by atoms with van der Waals surface area (Å²) in [4.78, 5) is 32.1. The van der Waals surface area contributed by atoms with Crippen LogP contribution in [0.4, 0.5) is 18.9 Å². The normalized spacial score (nSPS) is 32.9. The van der Waals surface area contributed by atoms with Crippen LogP contribution >= 0.6 is 12.4 Å². The fraction of sp³-hybridized carbons (Fsp3) is 0.556. The number of hydrogen-bond donors (Lipinski definition) is 0. The van der Waals surface area contributed by atoms with Gasteiger partial charge in [-0.1, -0.05) is 30.4 Å². The standard InChI is InChI=1S/C27H30F3N3O2.ClH/c28-27(29,30)17-4-3-5-18(16-17)32-14-12-31(13-15-32)10-1-2-11-33-25(34)23-21-8-9-22(24(23)26(33)35)20-7-6-19(20)21;/h3-9,16,19-24H,1-2,10-15H2;1H. The van der Waals surface area contributed by atoms with Gasteiger partial charge in [-0.3, -0.25) is 19.4 Å². The van der Waals surface area contributed by atoms with Gasteiger partial charge in [-0.2, -0.15) is 13.2 Å². The lowest BCUT2D eigenvalue weighted by Crippen LogP contribution is -2.50. The minimum Gasteiger partial charge on any atom is -0.369 e. The summed E-state index contributed by atoms with van der Waals surface area (Å²) >= 11 is 0. The van der Waals surface area contributed by atoms with Crippen LogP contribution in [-0.4, -0.2) is 60.9 Å². The molecule has 2 aliphatic heterocycles. The van der Waals surface area contributed by atoms with Crippen molar-refractivity contribution < 1.29 is 22.8 Å². The molecule has 0 N–H and O–H groups in total. The summed E-state index contributed by atoms with van der Waals surface area (Å²) in [6.07, 6.45) is 6.08. The summed E-state index contributed by atoms with van der Waals surface area (Å²) in [5, 5.41) is 0. The first kappa shape index (κ1) is 25.3. The van der Waals surface area contributed by atoms with E-state index in [0.717, 1.165) is 38.5 Å². The molecule has 2 amide bonds. The molecule has 6 unspecified atom stereocenters. The predicted octanol–water partition coefficient (Wildman–Crippen LogP) is 4.25. The second-order valence-electron chi connectivity index (χ2n) is 10.5. The Kier molecular flexibility index (Phi) is 6.70. The maximum absolute atomic E-state index is 13.1. The van der Waals surface area contributed by atoms with E-state index in [-0.39, 0.29) is 47.9 Å². The third kappa shape index (κ3) is 4.16. The van der Waals surface area contributed by atoms with Crippen molar-refractivity contribution in [3.8, 4) is 0 Å². The van der Waals surface area contributed by atoms with Crippen LogP contribution in [0.25, 0.3) is 0 Å². The quantitative estimate of drug-likeness (QED) is 0.319. The molecule has 1 saturated carbocycles. The number of hydrogen-bond acceptors (Lipinski definition) is 4. The Morgan fingerprint density at radius 1 is 0.778 bits per heavy atom. The van der Waals surface area contributed by atoms with Crippen molar-refractivity contribution >= 4 is 29.9 Å². The zero-order valence-electron chi connectivity index (χ0n) is 19.9. The van der Waals surface area contributed by atoms with Crippen LogP contribution in [0.2, 0.25) is 0 Å². The summed E-state index contributed by atoms with van der Waals surface area (Å²) in [5.74, 6) is 0.903. The summed E-state index contributed by atoms with van der Waals surface area (Å²) in [6, 6.07) is 5.52. The van der Waals surface area contributed by atoms with Crippen LogP contribution in [0.5, 0.6) is 0 Å². The molecule has 3 fully saturated rings. The average molecular weight is 522 g/mol. The maximum atomic E-state index is 13.1. The number of anilines is 1. The summed E-state index contributed by atoms with van der Waals surface area (Å²) in [5.41, 5.74) is -0.00456. The minimum absolute atomic E-state index is 0. The molecule has 0 spiro atoms. The number of nitrogens with zero attached hydrogens (tertiary/aromatic N) is 3. The highest BCUT2D eigenvalue weighted by molar-refractivity contribution is 6.06. The van der Waals surface area contributed by atoms with Gasteiger partial charge >= 0.3 is 6.18 Å². The highest BCUT2D eigenvalue weighted by atomic mass is 35.5. The molecule has 0 aromatic heterocycles. The second kappa shape index (κ2) is 9.53. The Balaban J connectivity index is 0.00000267. The van der Waals surface area contributed by atoms with E-state index in [1.165, 1.54) is 17.0 Å². The number of amides is 2. The van der Waals surface area contributed by atoms with Gasteiger partial charge < -0.3 is 4.90 Å². The van der Waals surface area contributed by atoms with Crippen molar-refractivity contribution in [3.05, 3.63) is 54.1 Å².